The lowest BCUT2D eigenvalue weighted by Gasteiger charge is -2.12. The summed E-state index contributed by atoms with van der Waals surface area (Å²) in [7, 11) is 0. The van der Waals surface area contributed by atoms with Gasteiger partial charge in [-0.15, -0.1) is 11.3 Å². The van der Waals surface area contributed by atoms with Crippen LogP contribution >= 0.6 is 11.3 Å². The van der Waals surface area contributed by atoms with Crippen LogP contribution in [0.15, 0.2) is 34.4 Å². The Balaban J connectivity index is 1.76. The van der Waals surface area contributed by atoms with E-state index in [1.807, 2.05) is 12.3 Å². The molecular weight excluding hydrogens is 314 g/mol. The van der Waals surface area contributed by atoms with Gasteiger partial charge in [0.05, 0.1) is 28.0 Å². The van der Waals surface area contributed by atoms with Crippen molar-refractivity contribution in [3.63, 3.8) is 0 Å². The molecule has 0 bridgehead atoms. The summed E-state index contributed by atoms with van der Waals surface area (Å²) in [5, 5.41) is 3.24. The highest BCUT2D eigenvalue weighted by atomic mass is 32.1. The summed E-state index contributed by atoms with van der Waals surface area (Å²) in [6.45, 7) is 3.56. The van der Waals surface area contributed by atoms with Crippen molar-refractivity contribution in [1.29, 1.82) is 0 Å². The summed E-state index contributed by atoms with van der Waals surface area (Å²) in [5.41, 5.74) is 1.01. The second kappa shape index (κ2) is 6.29. The van der Waals surface area contributed by atoms with E-state index in [0.29, 0.717) is 22.4 Å². The molecule has 0 amide bonds. The largest absolute Gasteiger partial charge is 0.454 e. The van der Waals surface area contributed by atoms with Gasteiger partial charge in [-0.25, -0.2) is 9.97 Å². The van der Waals surface area contributed by atoms with Gasteiger partial charge >= 0.3 is 5.97 Å². The molecule has 6 nitrogen and oxygen atoms in total. The molecule has 3 rings (SSSR count). The van der Waals surface area contributed by atoms with Crippen molar-refractivity contribution in [2.45, 2.75) is 26.4 Å². The smallest absolute Gasteiger partial charge is 0.312 e. The number of nitrogens with one attached hydrogen (secondary N) is 1. The molecule has 3 aromatic rings. The van der Waals surface area contributed by atoms with Crippen LogP contribution in [0.2, 0.25) is 0 Å². The minimum absolute atomic E-state index is 0.104. The number of para-hydroxylation sites is 1. The maximum absolute atomic E-state index is 12.0. The predicted octanol–water partition coefficient (Wildman–Crippen LogP) is 2.53. The van der Waals surface area contributed by atoms with Crippen LogP contribution in [0.3, 0.4) is 0 Å². The molecule has 2 heterocycles. The van der Waals surface area contributed by atoms with Crippen LogP contribution in [0.1, 0.15) is 29.6 Å². The maximum Gasteiger partial charge on any atom is 0.312 e. The molecule has 118 valence electrons. The topological polar surface area (TPSA) is 84.9 Å². The number of carbonyl (C=O) groups is 1. The van der Waals surface area contributed by atoms with Gasteiger partial charge in [-0.05, 0) is 26.0 Å². The van der Waals surface area contributed by atoms with Crippen LogP contribution in [0.25, 0.3) is 10.9 Å². The third-order valence-corrected chi connectivity index (χ3v) is 4.14. The maximum atomic E-state index is 12.0. The number of nitrogens with zero attached hydrogens (tertiary/aromatic N) is 2. The number of aryl methyl sites for hydroxylation is 1. The quantitative estimate of drug-likeness (QED) is 0.744. The number of carbonyl (C=O) groups excluding carboxylic acids is 1. The molecule has 0 fully saturated rings. The van der Waals surface area contributed by atoms with Gasteiger partial charge in [0.2, 0.25) is 0 Å². The van der Waals surface area contributed by atoms with Gasteiger partial charge in [-0.1, -0.05) is 12.1 Å². The average molecular weight is 329 g/mol. The fourth-order valence-electron chi connectivity index (χ4n) is 2.23. The Morgan fingerprint density at radius 1 is 1.35 bits per heavy atom. The third kappa shape index (κ3) is 3.45. The van der Waals surface area contributed by atoms with Crippen molar-refractivity contribution in [1.82, 2.24) is 15.0 Å². The Kier molecular flexibility index (Phi) is 4.20. The molecule has 0 spiro atoms. The van der Waals surface area contributed by atoms with Gasteiger partial charge < -0.3 is 9.72 Å². The molecule has 1 atom stereocenters. The van der Waals surface area contributed by atoms with Crippen molar-refractivity contribution in [2.75, 3.05) is 0 Å². The zero-order valence-corrected chi connectivity index (χ0v) is 13.5. The highest BCUT2D eigenvalue weighted by Crippen LogP contribution is 2.16. The number of H-pyrrole nitrogens is 1. The number of aromatic nitrogens is 3. The Morgan fingerprint density at radius 3 is 2.87 bits per heavy atom. The second-order valence-electron chi connectivity index (χ2n) is 5.14. The Bertz CT molecular complexity index is 916. The molecule has 0 aliphatic carbocycles. The van der Waals surface area contributed by atoms with Gasteiger partial charge in [0.25, 0.3) is 5.56 Å². The first-order valence-corrected chi connectivity index (χ1v) is 8.00. The number of thiazole rings is 1. The molecular formula is C16H15N3O3S. The van der Waals surface area contributed by atoms with Crippen LogP contribution in [-0.2, 0) is 16.0 Å². The first-order valence-electron chi connectivity index (χ1n) is 7.12. The number of esters is 1. The molecule has 1 aromatic carbocycles. The average Bonchev–Trinajstić information content (AvgIpc) is 2.92. The zero-order valence-electron chi connectivity index (χ0n) is 12.7. The van der Waals surface area contributed by atoms with Gasteiger partial charge in [-0.2, -0.15) is 0 Å². The number of hydrogen-bond donors (Lipinski definition) is 1. The second-order valence-corrected chi connectivity index (χ2v) is 6.20. The highest BCUT2D eigenvalue weighted by Gasteiger charge is 2.16. The van der Waals surface area contributed by atoms with E-state index in [0.717, 1.165) is 5.01 Å². The van der Waals surface area contributed by atoms with Crippen LogP contribution in [0.4, 0.5) is 0 Å². The highest BCUT2D eigenvalue weighted by molar-refractivity contribution is 7.09. The number of aromatic amines is 1. The normalized spacial score (nSPS) is 12.3. The molecule has 1 N–H and O–H groups in total. The summed E-state index contributed by atoms with van der Waals surface area (Å²) in [6.07, 6.45) is -0.536. The molecule has 7 heteroatoms. The summed E-state index contributed by atoms with van der Waals surface area (Å²) in [6, 6.07) is 7.03. The predicted molar refractivity (Wildman–Crippen MR) is 87.4 cm³/mol. The summed E-state index contributed by atoms with van der Waals surface area (Å²) in [4.78, 5) is 35.3. The van der Waals surface area contributed by atoms with E-state index in [1.165, 1.54) is 11.3 Å². The summed E-state index contributed by atoms with van der Waals surface area (Å²) < 4.78 is 5.35. The van der Waals surface area contributed by atoms with Crippen molar-refractivity contribution in [3.05, 3.63) is 56.5 Å². The molecule has 2 aromatic heterocycles. The summed E-state index contributed by atoms with van der Waals surface area (Å²) in [5.74, 6) is -0.0740. The minimum atomic E-state index is -0.639. The number of ether oxygens (including phenoxy) is 1. The van der Waals surface area contributed by atoms with Crippen molar-refractivity contribution < 1.29 is 9.53 Å². The summed E-state index contributed by atoms with van der Waals surface area (Å²) >= 11 is 1.49. The van der Waals surface area contributed by atoms with Gasteiger partial charge in [0.15, 0.2) is 11.9 Å². The van der Waals surface area contributed by atoms with Crippen LogP contribution in [0.5, 0.6) is 0 Å². The Hall–Kier alpha value is -2.54. The zero-order chi connectivity index (χ0) is 16.4. The number of fused-ring (bicyclic) bond motifs is 1. The van der Waals surface area contributed by atoms with E-state index in [-0.39, 0.29) is 12.0 Å². The van der Waals surface area contributed by atoms with E-state index in [2.05, 4.69) is 15.0 Å². The van der Waals surface area contributed by atoms with E-state index < -0.39 is 12.1 Å². The van der Waals surface area contributed by atoms with E-state index in [1.54, 1.807) is 31.2 Å². The van der Waals surface area contributed by atoms with Crippen molar-refractivity contribution >= 4 is 28.2 Å². The fraction of sp³-hybridized carbons (Fsp3) is 0.250. The van der Waals surface area contributed by atoms with E-state index >= 15 is 0 Å². The molecule has 0 radical (unpaired) electrons. The van der Waals surface area contributed by atoms with Gasteiger partial charge in [-0.3, -0.25) is 9.59 Å². The van der Waals surface area contributed by atoms with E-state index in [4.69, 9.17) is 4.74 Å². The molecule has 0 aliphatic rings. The molecule has 0 saturated carbocycles. The molecule has 23 heavy (non-hydrogen) atoms. The molecule has 0 saturated heterocycles. The molecule has 0 aliphatic heterocycles. The fourth-order valence-corrected chi connectivity index (χ4v) is 2.84. The Morgan fingerprint density at radius 2 is 2.13 bits per heavy atom. The number of benzene rings is 1. The van der Waals surface area contributed by atoms with Crippen molar-refractivity contribution in [2.24, 2.45) is 0 Å². The monoisotopic (exact) mass is 329 g/mol. The Labute approximate surface area is 136 Å². The van der Waals surface area contributed by atoms with Gasteiger partial charge in [0, 0.05) is 5.38 Å². The van der Waals surface area contributed by atoms with Gasteiger partial charge in [0.1, 0.15) is 0 Å². The lowest BCUT2D eigenvalue weighted by molar-refractivity contribution is -0.148. The van der Waals surface area contributed by atoms with Crippen LogP contribution in [0, 0.1) is 6.92 Å². The van der Waals surface area contributed by atoms with Crippen LogP contribution < -0.4 is 5.56 Å². The third-order valence-electron chi connectivity index (χ3n) is 3.32. The lowest BCUT2D eigenvalue weighted by atomic mass is 10.2. The van der Waals surface area contributed by atoms with E-state index in [9.17, 15) is 9.59 Å². The van der Waals surface area contributed by atoms with Crippen LogP contribution in [-0.4, -0.2) is 20.9 Å². The first-order chi connectivity index (χ1) is 11.0. The number of hydrogen-bond acceptors (Lipinski definition) is 6. The standard InChI is InChI=1S/C16H15N3O3S/c1-9(22-14(20)7-11-8-23-10(2)17-11)15-18-13-6-4-3-5-12(13)16(21)19-15/h3-6,8-9H,7H2,1-2H3,(H,18,19,21)/t9-/m1/s1. The number of rotatable bonds is 4. The van der Waals surface area contributed by atoms with Crippen molar-refractivity contribution in [3.8, 4) is 0 Å². The lowest BCUT2D eigenvalue weighted by Crippen LogP contribution is -2.18. The first kappa shape index (κ1) is 15.4. The minimum Gasteiger partial charge on any atom is -0.454 e. The SMILES string of the molecule is Cc1nc(CC(=O)O[C@H](C)c2nc3ccccc3c(=O)[nH]2)cs1. The molecule has 0 unspecified atom stereocenters.